The highest BCUT2D eigenvalue weighted by Crippen LogP contribution is 2.13. The van der Waals surface area contributed by atoms with Gasteiger partial charge in [0.2, 0.25) is 0 Å². The van der Waals surface area contributed by atoms with Crippen molar-refractivity contribution < 1.29 is 5.11 Å². The van der Waals surface area contributed by atoms with E-state index in [0.29, 0.717) is 6.54 Å². The van der Waals surface area contributed by atoms with E-state index in [2.05, 4.69) is 6.92 Å². The lowest BCUT2D eigenvalue weighted by Crippen LogP contribution is -2.24. The van der Waals surface area contributed by atoms with Gasteiger partial charge in [0.1, 0.15) is 0 Å². The minimum atomic E-state index is -0.0385. The molecule has 0 unspecified atom stereocenters. The Kier molecular flexibility index (Phi) is 3.95. The Morgan fingerprint density at radius 3 is 2.60 bits per heavy atom. The Bertz CT molecular complexity index is 393. The summed E-state index contributed by atoms with van der Waals surface area (Å²) in [4.78, 5) is 12.0. The number of aromatic hydroxyl groups is 1. The number of hydrogen-bond donors (Lipinski definition) is 1. The van der Waals surface area contributed by atoms with Crippen molar-refractivity contribution in [2.45, 2.75) is 46.6 Å². The van der Waals surface area contributed by atoms with Gasteiger partial charge < -0.3 is 5.11 Å². The largest absolute Gasteiger partial charge is 0.494 e. The lowest BCUT2D eigenvalue weighted by molar-refractivity contribution is 0.399. The van der Waals surface area contributed by atoms with Gasteiger partial charge in [0.15, 0.2) is 5.88 Å². The van der Waals surface area contributed by atoms with Crippen molar-refractivity contribution in [3.8, 4) is 5.88 Å². The number of hydrogen-bond acceptors (Lipinski definition) is 2. The zero-order valence-corrected chi connectivity index (χ0v) is 9.71. The van der Waals surface area contributed by atoms with Crippen molar-refractivity contribution in [2.24, 2.45) is 0 Å². The highest BCUT2D eigenvalue weighted by molar-refractivity contribution is 5.28. The minimum absolute atomic E-state index is 0.0385. The lowest BCUT2D eigenvalue weighted by atomic mass is 10.1. The second-order valence-electron chi connectivity index (χ2n) is 3.83. The Morgan fingerprint density at radius 1 is 1.40 bits per heavy atom. The molecule has 15 heavy (non-hydrogen) atoms. The van der Waals surface area contributed by atoms with Crippen molar-refractivity contribution in [1.29, 1.82) is 0 Å². The minimum Gasteiger partial charge on any atom is -0.494 e. The molecule has 3 nitrogen and oxygen atoms in total. The van der Waals surface area contributed by atoms with Crippen LogP contribution >= 0.6 is 0 Å². The van der Waals surface area contributed by atoms with Gasteiger partial charge in [-0.2, -0.15) is 0 Å². The van der Waals surface area contributed by atoms with Gasteiger partial charge in [-0.15, -0.1) is 0 Å². The van der Waals surface area contributed by atoms with Gasteiger partial charge in [-0.1, -0.05) is 20.3 Å². The van der Waals surface area contributed by atoms with Gasteiger partial charge in [-0.05, 0) is 25.3 Å². The molecule has 0 bridgehead atoms. The maximum Gasteiger partial charge on any atom is 0.256 e. The van der Waals surface area contributed by atoms with Gasteiger partial charge in [0, 0.05) is 18.2 Å². The summed E-state index contributed by atoms with van der Waals surface area (Å²) < 4.78 is 1.47. The van der Waals surface area contributed by atoms with E-state index in [0.717, 1.165) is 30.4 Å². The number of aryl methyl sites for hydroxylation is 1. The van der Waals surface area contributed by atoms with Crippen molar-refractivity contribution >= 4 is 0 Å². The lowest BCUT2D eigenvalue weighted by Gasteiger charge is -2.11. The summed E-state index contributed by atoms with van der Waals surface area (Å²) in [7, 11) is 0. The van der Waals surface area contributed by atoms with E-state index < -0.39 is 0 Å². The van der Waals surface area contributed by atoms with Crippen LogP contribution in [0.1, 0.15) is 37.8 Å². The number of unbranched alkanes of at least 4 members (excludes halogenated alkanes) is 1. The van der Waals surface area contributed by atoms with Crippen LogP contribution < -0.4 is 5.56 Å². The molecule has 84 valence electrons. The van der Waals surface area contributed by atoms with Crippen LogP contribution in [-0.4, -0.2) is 9.67 Å². The molecule has 1 aromatic heterocycles. The maximum atomic E-state index is 12.0. The van der Waals surface area contributed by atoms with Crippen LogP contribution in [0.25, 0.3) is 0 Å². The molecular weight excluding hydrogens is 190 g/mol. The number of nitrogens with zero attached hydrogens (tertiary/aromatic N) is 1. The first-order valence-corrected chi connectivity index (χ1v) is 5.54. The summed E-state index contributed by atoms with van der Waals surface area (Å²) in [6.07, 6.45) is 2.65. The molecule has 0 aromatic carbocycles. The van der Waals surface area contributed by atoms with Crippen molar-refractivity contribution in [3.63, 3.8) is 0 Å². The third-order valence-electron chi connectivity index (χ3n) is 2.69. The van der Waals surface area contributed by atoms with Gasteiger partial charge in [0.05, 0.1) is 0 Å². The number of aromatic nitrogens is 1. The Hall–Kier alpha value is -1.25. The predicted octanol–water partition coefficient (Wildman–Crippen LogP) is 2.22. The monoisotopic (exact) mass is 209 g/mol. The first kappa shape index (κ1) is 11.8. The van der Waals surface area contributed by atoms with Crippen LogP contribution in [0.5, 0.6) is 5.88 Å². The maximum absolute atomic E-state index is 12.0. The highest BCUT2D eigenvalue weighted by Gasteiger charge is 2.09. The van der Waals surface area contributed by atoms with Crippen molar-refractivity contribution in [1.82, 2.24) is 4.57 Å². The Labute approximate surface area is 90.4 Å². The van der Waals surface area contributed by atoms with Crippen LogP contribution in [0.3, 0.4) is 0 Å². The van der Waals surface area contributed by atoms with E-state index in [1.165, 1.54) is 4.57 Å². The molecule has 3 heteroatoms. The molecule has 0 radical (unpaired) electrons. The van der Waals surface area contributed by atoms with E-state index in [9.17, 15) is 9.90 Å². The quantitative estimate of drug-likeness (QED) is 0.826. The number of rotatable bonds is 4. The molecule has 1 rings (SSSR count). The van der Waals surface area contributed by atoms with Gasteiger partial charge in [-0.25, -0.2) is 0 Å². The Morgan fingerprint density at radius 2 is 2.07 bits per heavy atom. The van der Waals surface area contributed by atoms with E-state index in [-0.39, 0.29) is 11.4 Å². The fourth-order valence-electron chi connectivity index (χ4n) is 1.76. The molecule has 0 fully saturated rings. The van der Waals surface area contributed by atoms with Crippen LogP contribution in [0, 0.1) is 6.92 Å². The highest BCUT2D eigenvalue weighted by atomic mass is 16.3. The molecule has 0 saturated carbocycles. The molecule has 0 saturated heterocycles. The molecule has 1 aromatic rings. The Balaban J connectivity index is 3.20. The molecule has 0 aliphatic carbocycles. The summed E-state index contributed by atoms with van der Waals surface area (Å²) in [6, 6.07) is 1.68. The van der Waals surface area contributed by atoms with E-state index in [1.54, 1.807) is 6.07 Å². The average Bonchev–Trinajstić information content (AvgIpc) is 2.17. The first-order chi connectivity index (χ1) is 7.11. The average molecular weight is 209 g/mol. The molecule has 0 aliphatic heterocycles. The molecule has 0 atom stereocenters. The topological polar surface area (TPSA) is 42.2 Å². The predicted molar refractivity (Wildman–Crippen MR) is 61.4 cm³/mol. The van der Waals surface area contributed by atoms with Crippen LogP contribution in [0.2, 0.25) is 0 Å². The second kappa shape index (κ2) is 5.01. The van der Waals surface area contributed by atoms with Crippen LogP contribution in [0.15, 0.2) is 10.9 Å². The van der Waals surface area contributed by atoms with Gasteiger partial charge in [-0.3, -0.25) is 9.36 Å². The van der Waals surface area contributed by atoms with E-state index in [1.807, 2.05) is 13.8 Å². The smallest absolute Gasteiger partial charge is 0.256 e. The van der Waals surface area contributed by atoms with Gasteiger partial charge >= 0.3 is 0 Å². The summed E-state index contributed by atoms with van der Waals surface area (Å²) in [6.45, 7) is 6.50. The number of pyridine rings is 1. The van der Waals surface area contributed by atoms with Crippen molar-refractivity contribution in [3.05, 3.63) is 27.5 Å². The van der Waals surface area contributed by atoms with Crippen LogP contribution in [-0.2, 0) is 13.0 Å². The third-order valence-corrected chi connectivity index (χ3v) is 2.69. The summed E-state index contributed by atoms with van der Waals surface area (Å²) in [5, 5.41) is 9.68. The standard InChI is InChI=1S/C12H19NO2/c1-4-6-7-13-11(14)8-9(3)10(5-2)12(13)15/h8,14H,4-7H2,1-3H3. The van der Waals surface area contributed by atoms with Gasteiger partial charge in [0.25, 0.3) is 5.56 Å². The second-order valence-corrected chi connectivity index (χ2v) is 3.83. The molecule has 1 heterocycles. The molecule has 0 spiro atoms. The molecular formula is C12H19NO2. The summed E-state index contributed by atoms with van der Waals surface area (Å²) >= 11 is 0. The van der Waals surface area contributed by atoms with Crippen LogP contribution in [0.4, 0.5) is 0 Å². The zero-order valence-electron chi connectivity index (χ0n) is 9.71. The summed E-state index contributed by atoms with van der Waals surface area (Å²) in [5.74, 6) is 0.0863. The SMILES string of the molecule is CCCCn1c(O)cc(C)c(CC)c1=O. The first-order valence-electron chi connectivity index (χ1n) is 5.54. The van der Waals surface area contributed by atoms with E-state index >= 15 is 0 Å². The normalized spacial score (nSPS) is 10.6. The molecule has 1 N–H and O–H groups in total. The third kappa shape index (κ3) is 2.41. The van der Waals surface area contributed by atoms with E-state index in [4.69, 9.17) is 0 Å². The zero-order chi connectivity index (χ0) is 11.4. The fourth-order valence-corrected chi connectivity index (χ4v) is 1.76. The molecule has 0 amide bonds. The van der Waals surface area contributed by atoms with Crippen molar-refractivity contribution in [2.75, 3.05) is 0 Å². The fraction of sp³-hybridized carbons (Fsp3) is 0.583. The molecule has 0 aliphatic rings. The summed E-state index contributed by atoms with van der Waals surface area (Å²) in [5.41, 5.74) is 1.65.